The molecule has 0 aliphatic carbocycles. The summed E-state index contributed by atoms with van der Waals surface area (Å²) < 4.78 is 0. The number of hydrogen-bond acceptors (Lipinski definition) is 2. The molecular formula is C18H25N3O. The highest BCUT2D eigenvalue weighted by molar-refractivity contribution is 5.93. The molecule has 1 aromatic heterocycles. The molecule has 22 heavy (non-hydrogen) atoms. The quantitative estimate of drug-likeness (QED) is 0.797. The maximum atomic E-state index is 12.7. The highest BCUT2D eigenvalue weighted by Crippen LogP contribution is 2.18. The van der Waals surface area contributed by atoms with E-state index in [4.69, 9.17) is 0 Å². The average molecular weight is 299 g/mol. The van der Waals surface area contributed by atoms with Crippen molar-refractivity contribution >= 4 is 5.91 Å². The summed E-state index contributed by atoms with van der Waals surface area (Å²) in [7, 11) is 0. The van der Waals surface area contributed by atoms with Crippen LogP contribution in [0.4, 0.5) is 0 Å². The SMILES string of the molecule is CCCCN(CCCC)C(=O)c1cc(-c2ccccc2)n[nH]1. The van der Waals surface area contributed by atoms with E-state index in [-0.39, 0.29) is 5.91 Å². The van der Waals surface area contributed by atoms with Crippen molar-refractivity contribution < 1.29 is 4.79 Å². The summed E-state index contributed by atoms with van der Waals surface area (Å²) in [5.41, 5.74) is 2.41. The van der Waals surface area contributed by atoms with Crippen LogP contribution in [0, 0.1) is 0 Å². The molecule has 1 heterocycles. The zero-order valence-corrected chi connectivity index (χ0v) is 13.5. The summed E-state index contributed by atoms with van der Waals surface area (Å²) in [6.07, 6.45) is 4.26. The molecule has 2 aromatic rings. The number of hydrogen-bond donors (Lipinski definition) is 1. The Morgan fingerprint density at radius 2 is 1.73 bits per heavy atom. The molecule has 0 saturated carbocycles. The second-order valence-electron chi connectivity index (χ2n) is 5.53. The first kappa shape index (κ1) is 16.3. The van der Waals surface area contributed by atoms with Gasteiger partial charge < -0.3 is 4.90 Å². The van der Waals surface area contributed by atoms with Gasteiger partial charge in [0.15, 0.2) is 0 Å². The molecule has 0 saturated heterocycles. The Hall–Kier alpha value is -2.10. The number of rotatable bonds is 8. The van der Waals surface area contributed by atoms with Crippen molar-refractivity contribution in [2.45, 2.75) is 39.5 Å². The van der Waals surface area contributed by atoms with E-state index in [1.807, 2.05) is 41.3 Å². The fourth-order valence-electron chi connectivity index (χ4n) is 2.37. The molecular weight excluding hydrogens is 274 g/mol. The van der Waals surface area contributed by atoms with Gasteiger partial charge in [-0.1, -0.05) is 57.0 Å². The standard InChI is InChI=1S/C18H25N3O/c1-3-5-12-21(13-6-4-2)18(22)17-14-16(19-20-17)15-10-8-7-9-11-15/h7-11,14H,3-6,12-13H2,1-2H3,(H,19,20). The van der Waals surface area contributed by atoms with Crippen LogP contribution >= 0.6 is 0 Å². The molecule has 0 radical (unpaired) electrons. The Morgan fingerprint density at radius 3 is 2.32 bits per heavy atom. The Morgan fingerprint density at radius 1 is 1.09 bits per heavy atom. The minimum Gasteiger partial charge on any atom is -0.337 e. The van der Waals surface area contributed by atoms with Crippen molar-refractivity contribution in [2.24, 2.45) is 0 Å². The van der Waals surface area contributed by atoms with E-state index in [9.17, 15) is 4.79 Å². The normalized spacial score (nSPS) is 10.6. The van der Waals surface area contributed by atoms with Crippen LogP contribution in [-0.4, -0.2) is 34.1 Å². The number of carbonyl (C=O) groups is 1. The van der Waals surface area contributed by atoms with Gasteiger partial charge in [-0.25, -0.2) is 0 Å². The minimum absolute atomic E-state index is 0.0524. The zero-order valence-electron chi connectivity index (χ0n) is 13.5. The van der Waals surface area contributed by atoms with E-state index in [0.717, 1.165) is 50.0 Å². The molecule has 2 rings (SSSR count). The number of H-pyrrole nitrogens is 1. The first-order valence-electron chi connectivity index (χ1n) is 8.16. The van der Waals surface area contributed by atoms with Crippen molar-refractivity contribution in [2.75, 3.05) is 13.1 Å². The predicted molar refractivity (Wildman–Crippen MR) is 89.7 cm³/mol. The summed E-state index contributed by atoms with van der Waals surface area (Å²) in [6.45, 7) is 5.92. The average Bonchev–Trinajstić information content (AvgIpc) is 3.05. The Labute approximate surface area is 132 Å². The van der Waals surface area contributed by atoms with Gasteiger partial charge in [-0.05, 0) is 18.9 Å². The van der Waals surface area contributed by atoms with Gasteiger partial charge in [0.2, 0.25) is 0 Å². The number of nitrogens with one attached hydrogen (secondary N) is 1. The second kappa shape index (κ2) is 8.37. The third-order valence-electron chi connectivity index (χ3n) is 3.73. The number of benzene rings is 1. The zero-order chi connectivity index (χ0) is 15.8. The van der Waals surface area contributed by atoms with Crippen molar-refractivity contribution in [3.05, 3.63) is 42.1 Å². The van der Waals surface area contributed by atoms with E-state index >= 15 is 0 Å². The summed E-state index contributed by atoms with van der Waals surface area (Å²) in [4.78, 5) is 14.6. The van der Waals surface area contributed by atoms with Crippen LogP contribution in [0.15, 0.2) is 36.4 Å². The molecule has 4 heteroatoms. The van der Waals surface area contributed by atoms with Gasteiger partial charge in [-0.15, -0.1) is 0 Å². The first-order chi connectivity index (χ1) is 10.8. The lowest BCUT2D eigenvalue weighted by Crippen LogP contribution is -2.33. The lowest BCUT2D eigenvalue weighted by Gasteiger charge is -2.21. The van der Waals surface area contributed by atoms with Crippen LogP contribution in [-0.2, 0) is 0 Å². The molecule has 0 spiro atoms. The summed E-state index contributed by atoms with van der Waals surface area (Å²) >= 11 is 0. The predicted octanol–water partition coefficient (Wildman–Crippen LogP) is 4.12. The Balaban J connectivity index is 2.11. The highest BCUT2D eigenvalue weighted by atomic mass is 16.2. The van der Waals surface area contributed by atoms with Crippen molar-refractivity contribution in [3.63, 3.8) is 0 Å². The van der Waals surface area contributed by atoms with E-state index in [1.165, 1.54) is 0 Å². The molecule has 0 unspecified atom stereocenters. The van der Waals surface area contributed by atoms with Gasteiger partial charge >= 0.3 is 0 Å². The summed E-state index contributed by atoms with van der Waals surface area (Å²) in [5, 5.41) is 7.17. The molecule has 118 valence electrons. The topological polar surface area (TPSA) is 49.0 Å². The van der Waals surface area contributed by atoms with Gasteiger partial charge in [-0.2, -0.15) is 5.10 Å². The molecule has 0 aliphatic heterocycles. The lowest BCUT2D eigenvalue weighted by molar-refractivity contribution is 0.0745. The van der Waals surface area contributed by atoms with Gasteiger partial charge in [-0.3, -0.25) is 9.89 Å². The van der Waals surface area contributed by atoms with Crippen LogP contribution in [0.25, 0.3) is 11.3 Å². The number of carbonyl (C=O) groups excluding carboxylic acids is 1. The Kier molecular flexibility index (Phi) is 6.19. The van der Waals surface area contributed by atoms with E-state index in [0.29, 0.717) is 5.69 Å². The fraction of sp³-hybridized carbons (Fsp3) is 0.444. The smallest absolute Gasteiger partial charge is 0.271 e. The number of aromatic nitrogens is 2. The fourth-order valence-corrected chi connectivity index (χ4v) is 2.37. The molecule has 1 N–H and O–H groups in total. The third kappa shape index (κ3) is 4.20. The lowest BCUT2D eigenvalue weighted by atomic mass is 10.1. The van der Waals surface area contributed by atoms with E-state index in [1.54, 1.807) is 0 Å². The van der Waals surface area contributed by atoms with E-state index in [2.05, 4.69) is 24.0 Å². The number of nitrogens with zero attached hydrogens (tertiary/aromatic N) is 2. The molecule has 4 nitrogen and oxygen atoms in total. The van der Waals surface area contributed by atoms with Crippen LogP contribution in [0.5, 0.6) is 0 Å². The molecule has 0 aliphatic rings. The van der Waals surface area contributed by atoms with Gasteiger partial charge in [0, 0.05) is 18.7 Å². The molecule has 1 aromatic carbocycles. The maximum Gasteiger partial charge on any atom is 0.271 e. The number of amides is 1. The van der Waals surface area contributed by atoms with Crippen LogP contribution in [0.1, 0.15) is 50.0 Å². The molecule has 1 amide bonds. The van der Waals surface area contributed by atoms with Gasteiger partial charge in [0.05, 0.1) is 5.69 Å². The third-order valence-corrected chi connectivity index (χ3v) is 3.73. The summed E-state index contributed by atoms with van der Waals surface area (Å²) in [5.74, 6) is 0.0524. The first-order valence-corrected chi connectivity index (χ1v) is 8.16. The maximum absolute atomic E-state index is 12.7. The Bertz CT molecular complexity index is 569. The van der Waals surface area contributed by atoms with Crippen LogP contribution in [0.3, 0.4) is 0 Å². The monoisotopic (exact) mass is 299 g/mol. The largest absolute Gasteiger partial charge is 0.337 e. The molecule has 0 fully saturated rings. The molecule has 0 atom stereocenters. The number of aromatic amines is 1. The van der Waals surface area contributed by atoms with Crippen LogP contribution < -0.4 is 0 Å². The van der Waals surface area contributed by atoms with Gasteiger partial charge in [0.25, 0.3) is 5.91 Å². The molecule has 0 bridgehead atoms. The number of unbranched alkanes of at least 4 members (excludes halogenated alkanes) is 2. The van der Waals surface area contributed by atoms with Crippen molar-refractivity contribution in [1.29, 1.82) is 0 Å². The van der Waals surface area contributed by atoms with Crippen molar-refractivity contribution in [1.82, 2.24) is 15.1 Å². The second-order valence-corrected chi connectivity index (χ2v) is 5.53. The summed E-state index contributed by atoms with van der Waals surface area (Å²) in [6, 6.07) is 11.8. The van der Waals surface area contributed by atoms with Gasteiger partial charge in [0.1, 0.15) is 5.69 Å². The van der Waals surface area contributed by atoms with Crippen LogP contribution in [0.2, 0.25) is 0 Å². The van der Waals surface area contributed by atoms with E-state index < -0.39 is 0 Å². The highest BCUT2D eigenvalue weighted by Gasteiger charge is 2.17. The minimum atomic E-state index is 0.0524. The van der Waals surface area contributed by atoms with Crippen molar-refractivity contribution in [3.8, 4) is 11.3 Å².